The molecule has 0 amide bonds. The van der Waals surface area contributed by atoms with Crippen LogP contribution >= 0.6 is 0 Å². The van der Waals surface area contributed by atoms with Crippen molar-refractivity contribution in [3.63, 3.8) is 0 Å². The number of rotatable bonds is 2. The Morgan fingerprint density at radius 3 is 2.24 bits per heavy atom. The third kappa shape index (κ3) is 3.65. The van der Waals surface area contributed by atoms with Gasteiger partial charge in [-0.3, -0.25) is 4.99 Å². The minimum atomic E-state index is -4.72. The van der Waals surface area contributed by atoms with Gasteiger partial charge < -0.3 is 0 Å². The number of nitrogens with zero attached hydrogens (tertiary/aromatic N) is 1. The van der Waals surface area contributed by atoms with Crippen LogP contribution in [0.4, 0.5) is 27.6 Å². The lowest BCUT2D eigenvalue weighted by molar-refractivity contribution is -0.137. The van der Waals surface area contributed by atoms with Gasteiger partial charge in [-0.15, -0.1) is 0 Å². The molecule has 0 saturated heterocycles. The molecular weight excluding hydrogens is 289 g/mol. The van der Waals surface area contributed by atoms with Crippen molar-refractivity contribution in [2.75, 3.05) is 0 Å². The minimum absolute atomic E-state index is 0.201. The SMILES string of the molecule is CC(=Nc1ccc(F)cc1C(F)(F)F)c1cccc(F)c1. The fourth-order valence-corrected chi connectivity index (χ4v) is 1.79. The zero-order valence-electron chi connectivity index (χ0n) is 10.9. The Balaban J connectivity index is 2.50. The fraction of sp³-hybridized carbons (Fsp3) is 0.133. The van der Waals surface area contributed by atoms with E-state index in [2.05, 4.69) is 4.99 Å². The van der Waals surface area contributed by atoms with Crippen LogP contribution in [-0.2, 0) is 6.18 Å². The van der Waals surface area contributed by atoms with Gasteiger partial charge in [0.15, 0.2) is 0 Å². The lowest BCUT2D eigenvalue weighted by Crippen LogP contribution is -2.06. The Morgan fingerprint density at radius 1 is 0.952 bits per heavy atom. The van der Waals surface area contributed by atoms with E-state index in [-0.39, 0.29) is 5.71 Å². The van der Waals surface area contributed by atoms with Gasteiger partial charge in [0.25, 0.3) is 0 Å². The van der Waals surface area contributed by atoms with Crippen LogP contribution in [0.25, 0.3) is 0 Å². The number of aliphatic imine (C=N–C) groups is 1. The van der Waals surface area contributed by atoms with Crippen molar-refractivity contribution < 1.29 is 22.0 Å². The van der Waals surface area contributed by atoms with E-state index in [1.807, 2.05) is 0 Å². The Kier molecular flexibility index (Phi) is 4.06. The quantitative estimate of drug-likeness (QED) is 0.539. The molecule has 0 atom stereocenters. The van der Waals surface area contributed by atoms with Crippen molar-refractivity contribution in [2.24, 2.45) is 4.99 Å². The van der Waals surface area contributed by atoms with Gasteiger partial charge in [0, 0.05) is 5.71 Å². The molecule has 0 unspecified atom stereocenters. The second-order valence-electron chi connectivity index (χ2n) is 4.37. The predicted molar refractivity (Wildman–Crippen MR) is 69.7 cm³/mol. The highest BCUT2D eigenvalue weighted by atomic mass is 19.4. The molecule has 0 aliphatic heterocycles. The highest BCUT2D eigenvalue weighted by Crippen LogP contribution is 2.37. The van der Waals surface area contributed by atoms with Crippen molar-refractivity contribution in [2.45, 2.75) is 13.1 Å². The molecule has 0 fully saturated rings. The van der Waals surface area contributed by atoms with Gasteiger partial charge in [0.05, 0.1) is 11.3 Å². The number of hydrogen-bond acceptors (Lipinski definition) is 1. The van der Waals surface area contributed by atoms with E-state index in [9.17, 15) is 22.0 Å². The lowest BCUT2D eigenvalue weighted by atomic mass is 10.1. The third-order valence-electron chi connectivity index (χ3n) is 2.79. The summed E-state index contributed by atoms with van der Waals surface area (Å²) in [6, 6.07) is 7.56. The predicted octanol–water partition coefficient (Wildman–Crippen LogP) is 5.12. The largest absolute Gasteiger partial charge is 0.418 e. The van der Waals surface area contributed by atoms with Crippen LogP contribution in [0.15, 0.2) is 47.5 Å². The first-order chi connectivity index (χ1) is 9.77. The summed E-state index contributed by atoms with van der Waals surface area (Å²) in [6.07, 6.45) is -4.72. The van der Waals surface area contributed by atoms with Crippen molar-refractivity contribution in [3.8, 4) is 0 Å². The normalized spacial score (nSPS) is 12.6. The van der Waals surface area contributed by atoms with Crippen LogP contribution in [-0.4, -0.2) is 5.71 Å². The van der Waals surface area contributed by atoms with E-state index in [1.54, 1.807) is 0 Å². The second-order valence-corrected chi connectivity index (χ2v) is 4.37. The molecule has 0 aliphatic carbocycles. The first-order valence-electron chi connectivity index (χ1n) is 5.95. The average Bonchev–Trinajstić information content (AvgIpc) is 2.39. The van der Waals surface area contributed by atoms with E-state index in [0.29, 0.717) is 11.6 Å². The second kappa shape index (κ2) is 5.63. The summed E-state index contributed by atoms with van der Waals surface area (Å²) in [5.41, 5.74) is -1.03. The van der Waals surface area contributed by atoms with Crippen molar-refractivity contribution in [3.05, 3.63) is 65.2 Å². The zero-order valence-corrected chi connectivity index (χ0v) is 10.9. The first-order valence-corrected chi connectivity index (χ1v) is 5.95. The van der Waals surface area contributed by atoms with E-state index in [4.69, 9.17) is 0 Å². The molecule has 0 aromatic heterocycles. The summed E-state index contributed by atoms with van der Waals surface area (Å²) >= 11 is 0. The number of alkyl halides is 3. The molecule has 0 radical (unpaired) electrons. The van der Waals surface area contributed by atoms with E-state index >= 15 is 0 Å². The molecule has 0 N–H and O–H groups in total. The van der Waals surface area contributed by atoms with Gasteiger partial charge in [-0.1, -0.05) is 12.1 Å². The molecular formula is C15H10F5N. The molecule has 110 valence electrons. The van der Waals surface area contributed by atoms with Crippen LogP contribution < -0.4 is 0 Å². The Hall–Kier alpha value is -2.24. The highest BCUT2D eigenvalue weighted by Gasteiger charge is 2.34. The Morgan fingerprint density at radius 2 is 1.62 bits per heavy atom. The summed E-state index contributed by atoms with van der Waals surface area (Å²) < 4.78 is 64.6. The van der Waals surface area contributed by atoms with Crippen LogP contribution in [0, 0.1) is 11.6 Å². The molecule has 2 aromatic carbocycles. The fourth-order valence-electron chi connectivity index (χ4n) is 1.79. The number of benzene rings is 2. The molecule has 2 aromatic rings. The van der Waals surface area contributed by atoms with E-state index in [1.165, 1.54) is 25.1 Å². The maximum Gasteiger partial charge on any atom is 0.418 e. The number of halogens is 5. The summed E-state index contributed by atoms with van der Waals surface area (Å²) in [5.74, 6) is -1.51. The van der Waals surface area contributed by atoms with Gasteiger partial charge in [-0.25, -0.2) is 8.78 Å². The average molecular weight is 299 g/mol. The highest BCUT2D eigenvalue weighted by molar-refractivity contribution is 6.00. The van der Waals surface area contributed by atoms with Gasteiger partial charge in [0.2, 0.25) is 0 Å². The molecule has 21 heavy (non-hydrogen) atoms. The monoisotopic (exact) mass is 299 g/mol. The Labute approximate surface area is 117 Å². The standard InChI is InChI=1S/C15H10F5N/c1-9(10-3-2-4-11(16)7-10)21-14-6-5-12(17)8-13(14)15(18,19)20/h2-8H,1H3. The van der Waals surface area contributed by atoms with Crippen LogP contribution in [0.5, 0.6) is 0 Å². The Bertz CT molecular complexity index is 689. The molecule has 0 spiro atoms. The van der Waals surface area contributed by atoms with Crippen molar-refractivity contribution in [1.82, 2.24) is 0 Å². The summed E-state index contributed by atoms with van der Waals surface area (Å²) in [7, 11) is 0. The molecule has 0 aliphatic rings. The van der Waals surface area contributed by atoms with Crippen LogP contribution in [0.3, 0.4) is 0 Å². The van der Waals surface area contributed by atoms with Crippen LogP contribution in [0.1, 0.15) is 18.1 Å². The van der Waals surface area contributed by atoms with Gasteiger partial charge >= 0.3 is 6.18 Å². The van der Waals surface area contributed by atoms with E-state index < -0.39 is 29.1 Å². The number of hydrogen-bond donors (Lipinski definition) is 0. The van der Waals surface area contributed by atoms with Gasteiger partial charge in [-0.05, 0) is 42.8 Å². The molecule has 6 heteroatoms. The molecule has 2 rings (SSSR count). The lowest BCUT2D eigenvalue weighted by Gasteiger charge is -2.11. The first kappa shape index (κ1) is 15.2. The smallest absolute Gasteiger partial charge is 0.253 e. The molecule has 0 saturated carbocycles. The summed E-state index contributed by atoms with van der Waals surface area (Å²) in [6.45, 7) is 1.46. The third-order valence-corrected chi connectivity index (χ3v) is 2.79. The van der Waals surface area contributed by atoms with Gasteiger partial charge in [-0.2, -0.15) is 13.2 Å². The summed E-state index contributed by atoms with van der Waals surface area (Å²) in [5, 5.41) is 0. The van der Waals surface area contributed by atoms with Crippen LogP contribution in [0.2, 0.25) is 0 Å². The minimum Gasteiger partial charge on any atom is -0.253 e. The molecule has 1 nitrogen and oxygen atoms in total. The van der Waals surface area contributed by atoms with Crippen molar-refractivity contribution in [1.29, 1.82) is 0 Å². The van der Waals surface area contributed by atoms with E-state index in [0.717, 1.165) is 18.2 Å². The zero-order chi connectivity index (χ0) is 15.6. The summed E-state index contributed by atoms with van der Waals surface area (Å²) in [4.78, 5) is 3.84. The topological polar surface area (TPSA) is 12.4 Å². The maximum absolute atomic E-state index is 13.1. The molecule has 0 bridgehead atoms. The maximum atomic E-state index is 13.1. The van der Waals surface area contributed by atoms with Gasteiger partial charge in [0.1, 0.15) is 11.6 Å². The van der Waals surface area contributed by atoms with Crippen molar-refractivity contribution >= 4 is 11.4 Å². The molecule has 0 heterocycles.